The molecule has 1 aliphatic carbocycles. The number of tetrazole rings is 1. The minimum Gasteiger partial charge on any atom is -0.494 e. The Kier molecular flexibility index (Phi) is 5.39. The Morgan fingerprint density at radius 2 is 2.04 bits per heavy atom. The standard InChI is InChI=1S/C18H26N6O2/c1-4-19-17(25)23(2)18(12-8-5-9-13-18)16-20-21-22-24(16)14-10-6-7-11-15(14)26-3/h6-7,10-11H,4-5,8-9,12-13H2,1-3H3,(H,19,25). The highest BCUT2D eigenvalue weighted by Gasteiger charge is 2.45. The van der Waals surface area contributed by atoms with Crippen LogP contribution in [0.4, 0.5) is 4.79 Å². The highest BCUT2D eigenvalue weighted by molar-refractivity contribution is 5.75. The topological polar surface area (TPSA) is 85.2 Å². The summed E-state index contributed by atoms with van der Waals surface area (Å²) in [4.78, 5) is 14.4. The summed E-state index contributed by atoms with van der Waals surface area (Å²) in [5.41, 5.74) is 0.228. The number of carbonyl (C=O) groups is 1. The van der Waals surface area contributed by atoms with Crippen LogP contribution in [0, 0.1) is 0 Å². The van der Waals surface area contributed by atoms with Gasteiger partial charge in [0.05, 0.1) is 7.11 Å². The molecule has 1 N–H and O–H groups in total. The van der Waals surface area contributed by atoms with Crippen molar-refractivity contribution in [3.05, 3.63) is 30.1 Å². The zero-order valence-electron chi connectivity index (χ0n) is 15.6. The van der Waals surface area contributed by atoms with E-state index in [-0.39, 0.29) is 6.03 Å². The van der Waals surface area contributed by atoms with E-state index >= 15 is 0 Å². The van der Waals surface area contributed by atoms with Gasteiger partial charge in [-0.1, -0.05) is 31.4 Å². The molecule has 0 aliphatic heterocycles. The number of methoxy groups -OCH3 is 1. The summed E-state index contributed by atoms with van der Waals surface area (Å²) in [5, 5.41) is 15.4. The molecule has 3 rings (SSSR count). The first-order valence-electron chi connectivity index (χ1n) is 9.08. The van der Waals surface area contributed by atoms with Gasteiger partial charge in [-0.3, -0.25) is 0 Å². The van der Waals surface area contributed by atoms with Gasteiger partial charge in [-0.25, -0.2) is 4.79 Å². The van der Waals surface area contributed by atoms with Crippen molar-refractivity contribution in [1.82, 2.24) is 30.4 Å². The van der Waals surface area contributed by atoms with E-state index in [4.69, 9.17) is 4.74 Å². The Bertz CT molecular complexity index is 754. The number of hydrogen-bond acceptors (Lipinski definition) is 5. The normalized spacial score (nSPS) is 16.1. The molecule has 0 bridgehead atoms. The molecule has 26 heavy (non-hydrogen) atoms. The number of rotatable bonds is 5. The summed E-state index contributed by atoms with van der Waals surface area (Å²) in [5.74, 6) is 1.36. The highest BCUT2D eigenvalue weighted by Crippen LogP contribution is 2.41. The molecule has 0 radical (unpaired) electrons. The van der Waals surface area contributed by atoms with E-state index in [1.165, 1.54) is 0 Å². The molecular weight excluding hydrogens is 332 g/mol. The fourth-order valence-corrected chi connectivity index (χ4v) is 3.75. The minimum absolute atomic E-state index is 0.107. The van der Waals surface area contributed by atoms with Crippen LogP contribution >= 0.6 is 0 Å². The number of benzene rings is 1. The van der Waals surface area contributed by atoms with Crippen LogP contribution in [-0.4, -0.2) is 51.8 Å². The number of para-hydroxylation sites is 2. The molecule has 0 spiro atoms. The van der Waals surface area contributed by atoms with Crippen molar-refractivity contribution in [2.45, 2.75) is 44.6 Å². The predicted octanol–water partition coefficient (Wildman–Crippen LogP) is 2.49. The summed E-state index contributed by atoms with van der Waals surface area (Å²) in [6, 6.07) is 7.51. The van der Waals surface area contributed by atoms with Crippen molar-refractivity contribution in [1.29, 1.82) is 0 Å². The van der Waals surface area contributed by atoms with E-state index < -0.39 is 5.54 Å². The van der Waals surface area contributed by atoms with Crippen LogP contribution < -0.4 is 10.1 Å². The van der Waals surface area contributed by atoms with Gasteiger partial charge in [0.1, 0.15) is 17.0 Å². The first-order chi connectivity index (χ1) is 12.6. The monoisotopic (exact) mass is 358 g/mol. The van der Waals surface area contributed by atoms with E-state index in [1.54, 1.807) is 16.7 Å². The quantitative estimate of drug-likeness (QED) is 0.887. The lowest BCUT2D eigenvalue weighted by Gasteiger charge is -2.43. The molecular formula is C18H26N6O2. The third-order valence-electron chi connectivity index (χ3n) is 5.15. The van der Waals surface area contributed by atoms with Crippen LogP contribution in [0.1, 0.15) is 44.9 Å². The molecule has 2 amide bonds. The number of amides is 2. The molecule has 8 nitrogen and oxygen atoms in total. The number of hydrogen-bond donors (Lipinski definition) is 1. The average Bonchev–Trinajstić information content (AvgIpc) is 3.18. The van der Waals surface area contributed by atoms with Gasteiger partial charge >= 0.3 is 6.03 Å². The van der Waals surface area contributed by atoms with Gasteiger partial charge in [-0.2, -0.15) is 4.68 Å². The molecule has 1 fully saturated rings. The van der Waals surface area contributed by atoms with Crippen molar-refractivity contribution in [3.8, 4) is 11.4 Å². The summed E-state index contributed by atoms with van der Waals surface area (Å²) >= 11 is 0. The summed E-state index contributed by atoms with van der Waals surface area (Å²) in [6.07, 6.45) is 4.87. The maximum Gasteiger partial charge on any atom is 0.317 e. The first-order valence-corrected chi connectivity index (χ1v) is 9.08. The minimum atomic E-state index is -0.540. The van der Waals surface area contributed by atoms with E-state index in [0.717, 1.165) is 37.8 Å². The van der Waals surface area contributed by atoms with Gasteiger partial charge in [-0.05, 0) is 42.3 Å². The second kappa shape index (κ2) is 7.72. The maximum atomic E-state index is 12.6. The van der Waals surface area contributed by atoms with Gasteiger partial charge in [0.25, 0.3) is 0 Å². The predicted molar refractivity (Wildman–Crippen MR) is 97.3 cm³/mol. The van der Waals surface area contributed by atoms with Gasteiger partial charge in [0.15, 0.2) is 5.82 Å². The number of nitrogens with zero attached hydrogens (tertiary/aromatic N) is 5. The lowest BCUT2D eigenvalue weighted by Crippen LogP contribution is -2.53. The largest absolute Gasteiger partial charge is 0.494 e. The molecule has 1 saturated carbocycles. The molecule has 1 heterocycles. The highest BCUT2D eigenvalue weighted by atomic mass is 16.5. The van der Waals surface area contributed by atoms with Crippen molar-refractivity contribution >= 4 is 6.03 Å². The van der Waals surface area contributed by atoms with Crippen LogP contribution in [0.3, 0.4) is 0 Å². The molecule has 1 aromatic carbocycles. The average molecular weight is 358 g/mol. The Hall–Kier alpha value is -2.64. The SMILES string of the molecule is CCNC(=O)N(C)C1(c2nnnn2-c2ccccc2OC)CCCCC1. The van der Waals surface area contributed by atoms with Gasteiger partial charge in [0.2, 0.25) is 0 Å². The summed E-state index contributed by atoms with van der Waals surface area (Å²) < 4.78 is 7.19. The lowest BCUT2D eigenvalue weighted by atomic mass is 9.79. The second-order valence-corrected chi connectivity index (χ2v) is 6.57. The molecule has 2 aromatic rings. The molecule has 1 aromatic heterocycles. The van der Waals surface area contributed by atoms with Crippen molar-refractivity contribution in [2.24, 2.45) is 0 Å². The fourth-order valence-electron chi connectivity index (χ4n) is 3.75. The Morgan fingerprint density at radius 3 is 2.73 bits per heavy atom. The fraction of sp³-hybridized carbons (Fsp3) is 0.556. The third-order valence-corrected chi connectivity index (χ3v) is 5.15. The van der Waals surface area contributed by atoms with Crippen molar-refractivity contribution in [2.75, 3.05) is 20.7 Å². The van der Waals surface area contributed by atoms with Crippen molar-refractivity contribution in [3.63, 3.8) is 0 Å². The Morgan fingerprint density at radius 1 is 1.31 bits per heavy atom. The molecule has 0 atom stereocenters. The van der Waals surface area contributed by atoms with Crippen LogP contribution in [0.5, 0.6) is 5.75 Å². The van der Waals surface area contributed by atoms with E-state index in [9.17, 15) is 4.79 Å². The third kappa shape index (κ3) is 3.11. The summed E-state index contributed by atoms with van der Waals surface area (Å²) in [7, 11) is 3.46. The van der Waals surface area contributed by atoms with Crippen LogP contribution in [0.2, 0.25) is 0 Å². The Labute approximate surface area is 153 Å². The molecule has 8 heteroatoms. The van der Waals surface area contributed by atoms with E-state index in [1.807, 2.05) is 38.2 Å². The second-order valence-electron chi connectivity index (χ2n) is 6.57. The van der Waals surface area contributed by atoms with Crippen LogP contribution in [0.15, 0.2) is 24.3 Å². The maximum absolute atomic E-state index is 12.6. The molecule has 140 valence electrons. The van der Waals surface area contributed by atoms with Gasteiger partial charge < -0.3 is 15.0 Å². The first kappa shape index (κ1) is 18.2. The Balaban J connectivity index is 2.09. The van der Waals surface area contributed by atoms with Crippen LogP contribution in [0.25, 0.3) is 5.69 Å². The number of urea groups is 1. The zero-order chi connectivity index (χ0) is 18.6. The lowest BCUT2D eigenvalue weighted by molar-refractivity contribution is 0.0865. The number of aromatic nitrogens is 4. The molecule has 1 aliphatic rings. The molecule has 0 saturated heterocycles. The zero-order valence-corrected chi connectivity index (χ0v) is 15.6. The number of nitrogens with one attached hydrogen (secondary N) is 1. The smallest absolute Gasteiger partial charge is 0.317 e. The van der Waals surface area contributed by atoms with Gasteiger partial charge in [-0.15, -0.1) is 5.10 Å². The van der Waals surface area contributed by atoms with E-state index in [0.29, 0.717) is 18.1 Å². The van der Waals surface area contributed by atoms with Crippen molar-refractivity contribution < 1.29 is 9.53 Å². The summed E-state index contributed by atoms with van der Waals surface area (Å²) in [6.45, 7) is 2.49. The van der Waals surface area contributed by atoms with E-state index in [2.05, 4.69) is 20.8 Å². The molecule has 0 unspecified atom stereocenters. The number of carbonyl (C=O) groups excluding carboxylic acids is 1. The van der Waals surface area contributed by atoms with Gasteiger partial charge in [0, 0.05) is 13.6 Å². The number of ether oxygens (including phenoxy) is 1. The van der Waals surface area contributed by atoms with Crippen LogP contribution in [-0.2, 0) is 5.54 Å².